The third-order valence-corrected chi connectivity index (χ3v) is 3.83. The second-order valence-corrected chi connectivity index (χ2v) is 5.62. The maximum absolute atomic E-state index is 12.1. The quantitative estimate of drug-likeness (QED) is 0.736. The maximum Gasteiger partial charge on any atom is 0.251 e. The van der Waals surface area contributed by atoms with Crippen LogP contribution in [0.2, 0.25) is 0 Å². The number of hydrogen-bond donors (Lipinski definition) is 3. The summed E-state index contributed by atoms with van der Waals surface area (Å²) in [5, 5.41) is 14.9. The van der Waals surface area contributed by atoms with E-state index in [-0.39, 0.29) is 19.1 Å². The summed E-state index contributed by atoms with van der Waals surface area (Å²) in [7, 11) is 0. The maximum atomic E-state index is 12.1. The van der Waals surface area contributed by atoms with Gasteiger partial charge < -0.3 is 15.7 Å². The van der Waals surface area contributed by atoms with Gasteiger partial charge in [-0.1, -0.05) is 35.9 Å². The zero-order valence-electron chi connectivity index (χ0n) is 13.7. The number of nitrogens with one attached hydrogen (secondary N) is 2. The summed E-state index contributed by atoms with van der Waals surface area (Å²) in [6.45, 7) is 5.04. The molecule has 0 bridgehead atoms. The van der Waals surface area contributed by atoms with Gasteiger partial charge in [0.2, 0.25) is 0 Å². The monoisotopic (exact) mass is 312 g/mol. The lowest BCUT2D eigenvalue weighted by atomic mass is 10.1. The summed E-state index contributed by atoms with van der Waals surface area (Å²) >= 11 is 0. The van der Waals surface area contributed by atoms with Gasteiger partial charge in [0.05, 0.1) is 6.61 Å². The second-order valence-electron chi connectivity index (χ2n) is 5.62. The van der Waals surface area contributed by atoms with Gasteiger partial charge in [0.15, 0.2) is 0 Å². The molecule has 0 aromatic heterocycles. The number of benzene rings is 2. The molecule has 2 aromatic carbocycles. The Hall–Kier alpha value is -2.33. The zero-order chi connectivity index (χ0) is 16.7. The second kappa shape index (κ2) is 8.34. The largest absolute Gasteiger partial charge is 0.395 e. The van der Waals surface area contributed by atoms with Crippen molar-refractivity contribution in [2.75, 3.05) is 25.0 Å². The molecule has 3 N–H and O–H groups in total. The summed E-state index contributed by atoms with van der Waals surface area (Å²) in [4.78, 5) is 12.1. The predicted molar refractivity (Wildman–Crippen MR) is 94.0 cm³/mol. The van der Waals surface area contributed by atoms with E-state index in [9.17, 15) is 4.79 Å². The van der Waals surface area contributed by atoms with Crippen molar-refractivity contribution in [3.8, 4) is 0 Å². The Morgan fingerprint density at radius 2 is 1.78 bits per heavy atom. The van der Waals surface area contributed by atoms with E-state index in [0.29, 0.717) is 5.56 Å². The Kier molecular flexibility index (Phi) is 6.18. The molecule has 2 aromatic rings. The number of anilines is 1. The molecule has 0 aliphatic heterocycles. The third kappa shape index (κ3) is 4.83. The van der Waals surface area contributed by atoms with E-state index >= 15 is 0 Å². The number of aliphatic hydroxyl groups is 1. The van der Waals surface area contributed by atoms with Gasteiger partial charge in [-0.25, -0.2) is 0 Å². The van der Waals surface area contributed by atoms with Crippen LogP contribution in [0.15, 0.2) is 42.5 Å². The van der Waals surface area contributed by atoms with E-state index in [2.05, 4.69) is 41.8 Å². The van der Waals surface area contributed by atoms with E-state index in [1.54, 1.807) is 6.07 Å². The Morgan fingerprint density at radius 3 is 2.48 bits per heavy atom. The SMILES string of the molecule is Cc1ccc(CCNc2cccc(C(=O)NCCO)c2C)cc1. The lowest BCUT2D eigenvalue weighted by Gasteiger charge is -2.13. The van der Waals surface area contributed by atoms with Gasteiger partial charge in [-0.05, 0) is 43.5 Å². The van der Waals surface area contributed by atoms with Gasteiger partial charge >= 0.3 is 0 Å². The Bertz CT molecular complexity index is 651. The lowest BCUT2D eigenvalue weighted by molar-refractivity contribution is 0.0944. The van der Waals surface area contributed by atoms with E-state index in [1.807, 2.05) is 19.1 Å². The molecule has 4 nitrogen and oxygen atoms in total. The van der Waals surface area contributed by atoms with Crippen LogP contribution < -0.4 is 10.6 Å². The van der Waals surface area contributed by atoms with Crippen LogP contribution in [-0.4, -0.2) is 30.7 Å². The summed E-state index contributed by atoms with van der Waals surface area (Å²) in [6.07, 6.45) is 0.931. The molecule has 0 spiro atoms. The highest BCUT2D eigenvalue weighted by Gasteiger charge is 2.10. The van der Waals surface area contributed by atoms with E-state index in [1.165, 1.54) is 11.1 Å². The first-order chi connectivity index (χ1) is 11.1. The third-order valence-electron chi connectivity index (χ3n) is 3.83. The van der Waals surface area contributed by atoms with Crippen LogP contribution in [0.5, 0.6) is 0 Å². The summed E-state index contributed by atoms with van der Waals surface area (Å²) in [5.41, 5.74) is 5.08. The van der Waals surface area contributed by atoms with Gasteiger partial charge in [-0.3, -0.25) is 4.79 Å². The smallest absolute Gasteiger partial charge is 0.251 e. The van der Waals surface area contributed by atoms with Gasteiger partial charge in [0.1, 0.15) is 0 Å². The van der Waals surface area contributed by atoms with Crippen molar-refractivity contribution in [1.29, 1.82) is 0 Å². The standard InChI is InChI=1S/C19H24N2O2/c1-14-6-8-16(9-7-14)10-11-20-18-5-3-4-17(15(18)2)19(23)21-12-13-22/h3-9,20,22H,10-13H2,1-2H3,(H,21,23). The van der Waals surface area contributed by atoms with Crippen LogP contribution >= 0.6 is 0 Å². The average Bonchev–Trinajstić information content (AvgIpc) is 2.56. The molecule has 2 rings (SSSR count). The molecule has 0 saturated carbocycles. The van der Waals surface area contributed by atoms with Crippen LogP contribution in [0.1, 0.15) is 27.0 Å². The lowest BCUT2D eigenvalue weighted by Crippen LogP contribution is -2.27. The molecule has 122 valence electrons. The Balaban J connectivity index is 1.97. The number of amides is 1. The topological polar surface area (TPSA) is 61.4 Å². The van der Waals surface area contributed by atoms with Crippen molar-refractivity contribution in [3.63, 3.8) is 0 Å². The molecule has 0 fully saturated rings. The fraction of sp³-hybridized carbons (Fsp3) is 0.316. The molecule has 4 heteroatoms. The van der Waals surface area contributed by atoms with Gasteiger partial charge in [-0.2, -0.15) is 0 Å². The minimum atomic E-state index is -0.154. The van der Waals surface area contributed by atoms with Gasteiger partial charge in [0.25, 0.3) is 5.91 Å². The first kappa shape index (κ1) is 17.0. The molecule has 0 unspecified atom stereocenters. The normalized spacial score (nSPS) is 10.4. The Morgan fingerprint density at radius 1 is 1.04 bits per heavy atom. The number of rotatable bonds is 7. The molecule has 0 heterocycles. The van der Waals surface area contributed by atoms with Crippen LogP contribution in [0.25, 0.3) is 0 Å². The molecule has 0 radical (unpaired) electrons. The summed E-state index contributed by atoms with van der Waals surface area (Å²) in [6, 6.07) is 14.2. The summed E-state index contributed by atoms with van der Waals surface area (Å²) in [5.74, 6) is -0.154. The highest BCUT2D eigenvalue weighted by atomic mass is 16.3. The highest BCUT2D eigenvalue weighted by Crippen LogP contribution is 2.19. The molecule has 0 atom stereocenters. The van der Waals surface area contributed by atoms with E-state index < -0.39 is 0 Å². The summed E-state index contributed by atoms with van der Waals surface area (Å²) < 4.78 is 0. The van der Waals surface area contributed by atoms with Crippen molar-refractivity contribution >= 4 is 11.6 Å². The van der Waals surface area contributed by atoms with E-state index in [0.717, 1.165) is 24.2 Å². The van der Waals surface area contributed by atoms with Crippen molar-refractivity contribution in [3.05, 3.63) is 64.7 Å². The first-order valence-electron chi connectivity index (χ1n) is 7.90. The van der Waals surface area contributed by atoms with Crippen LogP contribution in [0.3, 0.4) is 0 Å². The first-order valence-corrected chi connectivity index (χ1v) is 7.90. The number of carbonyl (C=O) groups is 1. The zero-order valence-corrected chi connectivity index (χ0v) is 13.7. The van der Waals surface area contributed by atoms with Crippen molar-refractivity contribution < 1.29 is 9.90 Å². The van der Waals surface area contributed by atoms with Gasteiger partial charge in [0, 0.05) is 24.3 Å². The number of carbonyl (C=O) groups excluding carboxylic acids is 1. The Labute approximate surface area is 137 Å². The fourth-order valence-electron chi connectivity index (χ4n) is 2.43. The van der Waals surface area contributed by atoms with Crippen molar-refractivity contribution in [1.82, 2.24) is 5.32 Å². The van der Waals surface area contributed by atoms with Crippen molar-refractivity contribution in [2.24, 2.45) is 0 Å². The molecule has 0 aliphatic carbocycles. The molecular formula is C19H24N2O2. The number of aryl methyl sites for hydroxylation is 1. The number of aliphatic hydroxyl groups excluding tert-OH is 1. The molecule has 0 saturated heterocycles. The minimum Gasteiger partial charge on any atom is -0.395 e. The van der Waals surface area contributed by atoms with Crippen molar-refractivity contribution in [2.45, 2.75) is 20.3 Å². The fourth-order valence-corrected chi connectivity index (χ4v) is 2.43. The molecule has 23 heavy (non-hydrogen) atoms. The molecule has 0 aliphatic rings. The molecular weight excluding hydrogens is 288 g/mol. The van der Waals surface area contributed by atoms with Gasteiger partial charge in [-0.15, -0.1) is 0 Å². The minimum absolute atomic E-state index is 0.0563. The highest BCUT2D eigenvalue weighted by molar-refractivity contribution is 5.97. The van der Waals surface area contributed by atoms with E-state index in [4.69, 9.17) is 5.11 Å². The van der Waals surface area contributed by atoms with Crippen LogP contribution in [-0.2, 0) is 6.42 Å². The molecule has 1 amide bonds. The van der Waals surface area contributed by atoms with Crippen LogP contribution in [0.4, 0.5) is 5.69 Å². The average molecular weight is 312 g/mol. The predicted octanol–water partition coefficient (Wildman–Crippen LogP) is 2.68. The van der Waals surface area contributed by atoms with Crippen LogP contribution in [0, 0.1) is 13.8 Å². The number of hydrogen-bond acceptors (Lipinski definition) is 3.